The summed E-state index contributed by atoms with van der Waals surface area (Å²) in [7, 11) is 0. The number of thioether (sulfide) groups is 1. The predicted octanol–water partition coefficient (Wildman–Crippen LogP) is 4.35. The molecule has 0 bridgehead atoms. The lowest BCUT2D eigenvalue weighted by atomic mass is 10.1. The van der Waals surface area contributed by atoms with E-state index in [1.165, 1.54) is 0 Å². The van der Waals surface area contributed by atoms with Gasteiger partial charge in [0.1, 0.15) is 0 Å². The van der Waals surface area contributed by atoms with Gasteiger partial charge in [-0.2, -0.15) is 0 Å². The van der Waals surface area contributed by atoms with Crippen LogP contribution in [0.5, 0.6) is 0 Å². The molecule has 0 unspecified atom stereocenters. The van der Waals surface area contributed by atoms with E-state index in [0.29, 0.717) is 11.3 Å². The van der Waals surface area contributed by atoms with Crippen molar-refractivity contribution in [2.45, 2.75) is 24.8 Å². The fourth-order valence-electron chi connectivity index (χ4n) is 2.37. The number of carbonyl (C=O) groups is 1. The van der Waals surface area contributed by atoms with Gasteiger partial charge in [0.25, 0.3) is 5.91 Å². The number of rotatable bonds is 7. The molecule has 0 radical (unpaired) electrons. The van der Waals surface area contributed by atoms with Gasteiger partial charge in [-0.05, 0) is 49.1 Å². The van der Waals surface area contributed by atoms with Crippen LogP contribution in [-0.4, -0.2) is 15.9 Å². The SMILES string of the molecule is C=C(NNC(=O)c1ccc(CSc2nc(C)cc(C)n2)cc1)c1cccs1. The molecule has 2 heterocycles. The molecule has 138 valence electrons. The number of nitrogens with zero attached hydrogens (tertiary/aromatic N) is 2. The highest BCUT2D eigenvalue weighted by atomic mass is 32.2. The van der Waals surface area contributed by atoms with Crippen LogP contribution in [0, 0.1) is 13.8 Å². The molecule has 0 aliphatic carbocycles. The second kappa shape index (κ2) is 8.83. The number of thiophene rings is 1. The summed E-state index contributed by atoms with van der Waals surface area (Å²) in [6.07, 6.45) is 0. The van der Waals surface area contributed by atoms with Gasteiger partial charge < -0.3 is 0 Å². The predicted molar refractivity (Wildman–Crippen MR) is 111 cm³/mol. The molecular formula is C20H20N4OS2. The number of hydrogen-bond donors (Lipinski definition) is 2. The highest BCUT2D eigenvalue weighted by Crippen LogP contribution is 2.20. The molecule has 0 aliphatic heterocycles. The largest absolute Gasteiger partial charge is 0.298 e. The summed E-state index contributed by atoms with van der Waals surface area (Å²) in [5.41, 5.74) is 9.81. The third-order valence-corrected chi connectivity index (χ3v) is 5.54. The summed E-state index contributed by atoms with van der Waals surface area (Å²) in [5, 5.41) is 2.73. The second-order valence-corrected chi connectivity index (χ2v) is 7.84. The van der Waals surface area contributed by atoms with Crippen LogP contribution in [0.15, 0.2) is 59.6 Å². The van der Waals surface area contributed by atoms with E-state index < -0.39 is 0 Å². The normalized spacial score (nSPS) is 10.4. The summed E-state index contributed by atoms with van der Waals surface area (Å²) in [6, 6.07) is 13.3. The number of nitrogens with one attached hydrogen (secondary N) is 2. The van der Waals surface area contributed by atoms with E-state index in [-0.39, 0.29) is 5.91 Å². The van der Waals surface area contributed by atoms with Crippen LogP contribution in [-0.2, 0) is 5.75 Å². The molecule has 0 fully saturated rings. The molecule has 27 heavy (non-hydrogen) atoms. The molecule has 1 amide bonds. The molecule has 2 aromatic heterocycles. The average molecular weight is 397 g/mol. The first kappa shape index (κ1) is 19.1. The topological polar surface area (TPSA) is 66.9 Å². The lowest BCUT2D eigenvalue weighted by Gasteiger charge is -2.10. The van der Waals surface area contributed by atoms with Crippen LogP contribution < -0.4 is 10.9 Å². The molecule has 5 nitrogen and oxygen atoms in total. The van der Waals surface area contributed by atoms with Crippen molar-refractivity contribution in [1.82, 2.24) is 20.8 Å². The van der Waals surface area contributed by atoms with Crippen LogP contribution in [0.25, 0.3) is 5.70 Å². The van der Waals surface area contributed by atoms with E-state index in [1.807, 2.05) is 61.7 Å². The van der Waals surface area contributed by atoms with E-state index in [2.05, 4.69) is 27.4 Å². The zero-order valence-electron chi connectivity index (χ0n) is 15.2. The third-order valence-electron chi connectivity index (χ3n) is 3.69. The van der Waals surface area contributed by atoms with Crippen molar-refractivity contribution in [1.29, 1.82) is 0 Å². The third kappa shape index (κ3) is 5.42. The molecule has 7 heteroatoms. The smallest absolute Gasteiger partial charge is 0.269 e. The maximum Gasteiger partial charge on any atom is 0.269 e. The number of aromatic nitrogens is 2. The van der Waals surface area contributed by atoms with Crippen molar-refractivity contribution in [2.24, 2.45) is 0 Å². The van der Waals surface area contributed by atoms with Crippen LogP contribution in [0.2, 0.25) is 0 Å². The molecule has 0 saturated carbocycles. The minimum atomic E-state index is -0.204. The molecule has 0 aliphatic rings. The van der Waals surface area contributed by atoms with Gasteiger partial charge >= 0.3 is 0 Å². The number of hydrogen-bond acceptors (Lipinski definition) is 6. The Morgan fingerprint density at radius 3 is 2.44 bits per heavy atom. The van der Waals surface area contributed by atoms with Gasteiger partial charge in [0.05, 0.1) is 10.6 Å². The Bertz CT molecular complexity index is 917. The van der Waals surface area contributed by atoms with Gasteiger partial charge in [-0.15, -0.1) is 11.3 Å². The van der Waals surface area contributed by atoms with Gasteiger partial charge in [0.2, 0.25) is 0 Å². The van der Waals surface area contributed by atoms with Crippen molar-refractivity contribution >= 4 is 34.7 Å². The van der Waals surface area contributed by atoms with E-state index in [1.54, 1.807) is 23.1 Å². The summed E-state index contributed by atoms with van der Waals surface area (Å²) < 4.78 is 0. The minimum Gasteiger partial charge on any atom is -0.298 e. The molecule has 0 spiro atoms. The summed E-state index contributed by atoms with van der Waals surface area (Å²) in [6.45, 7) is 7.84. The molecule has 3 rings (SSSR count). The van der Waals surface area contributed by atoms with Crippen molar-refractivity contribution in [2.75, 3.05) is 0 Å². The number of carbonyl (C=O) groups excluding carboxylic acids is 1. The number of amides is 1. The molecule has 2 N–H and O–H groups in total. The van der Waals surface area contributed by atoms with Gasteiger partial charge in [0.15, 0.2) is 5.16 Å². The Kier molecular flexibility index (Phi) is 6.26. The average Bonchev–Trinajstić information content (AvgIpc) is 3.19. The Morgan fingerprint density at radius 2 is 1.81 bits per heavy atom. The van der Waals surface area contributed by atoms with Crippen molar-refractivity contribution in [3.63, 3.8) is 0 Å². The number of aryl methyl sites for hydroxylation is 2. The Morgan fingerprint density at radius 1 is 1.11 bits per heavy atom. The Hall–Kier alpha value is -2.64. The first-order chi connectivity index (χ1) is 13.0. The minimum absolute atomic E-state index is 0.204. The van der Waals surface area contributed by atoms with Crippen molar-refractivity contribution in [3.05, 3.63) is 81.8 Å². The second-order valence-electron chi connectivity index (χ2n) is 5.95. The lowest BCUT2D eigenvalue weighted by molar-refractivity contribution is 0.0942. The Balaban J connectivity index is 1.53. The first-order valence-corrected chi connectivity index (χ1v) is 10.2. The maximum absolute atomic E-state index is 12.2. The zero-order valence-corrected chi connectivity index (χ0v) is 16.8. The number of hydrazine groups is 1. The number of benzene rings is 1. The Labute approximate surface area is 166 Å². The summed E-state index contributed by atoms with van der Waals surface area (Å²) in [4.78, 5) is 22.1. The highest BCUT2D eigenvalue weighted by Gasteiger charge is 2.07. The van der Waals surface area contributed by atoms with Crippen molar-refractivity contribution in [3.8, 4) is 0 Å². The fourth-order valence-corrected chi connectivity index (χ4v) is 3.93. The van der Waals surface area contributed by atoms with Gasteiger partial charge in [0, 0.05) is 22.7 Å². The van der Waals surface area contributed by atoms with Crippen LogP contribution in [0.3, 0.4) is 0 Å². The van der Waals surface area contributed by atoms with Gasteiger partial charge in [-0.3, -0.25) is 15.6 Å². The molecule has 3 aromatic rings. The highest BCUT2D eigenvalue weighted by molar-refractivity contribution is 7.98. The lowest BCUT2D eigenvalue weighted by Crippen LogP contribution is -2.35. The van der Waals surface area contributed by atoms with Crippen molar-refractivity contribution < 1.29 is 4.79 Å². The van der Waals surface area contributed by atoms with E-state index in [9.17, 15) is 4.79 Å². The van der Waals surface area contributed by atoms with Crippen LogP contribution >= 0.6 is 23.1 Å². The molecule has 0 atom stereocenters. The standard InChI is InChI=1S/C20H20N4OS2/c1-13-11-14(2)22-20(21-13)27-12-16-6-8-17(9-7-16)19(25)24-23-15(3)18-5-4-10-26-18/h4-11,23H,3,12H2,1-2H3,(H,24,25). The summed E-state index contributed by atoms with van der Waals surface area (Å²) >= 11 is 3.14. The quantitative estimate of drug-likeness (QED) is 0.353. The zero-order chi connectivity index (χ0) is 19.2. The molecule has 1 aromatic carbocycles. The monoisotopic (exact) mass is 396 g/mol. The summed E-state index contributed by atoms with van der Waals surface area (Å²) in [5.74, 6) is 0.544. The fraction of sp³-hybridized carbons (Fsp3) is 0.150. The molecular weight excluding hydrogens is 376 g/mol. The van der Waals surface area contributed by atoms with Crippen LogP contribution in [0.4, 0.5) is 0 Å². The van der Waals surface area contributed by atoms with E-state index in [4.69, 9.17) is 0 Å². The van der Waals surface area contributed by atoms with Crippen LogP contribution in [0.1, 0.15) is 32.2 Å². The first-order valence-electron chi connectivity index (χ1n) is 8.34. The van der Waals surface area contributed by atoms with Gasteiger partial charge in [-0.25, -0.2) is 9.97 Å². The molecule has 0 saturated heterocycles. The van der Waals surface area contributed by atoms with E-state index >= 15 is 0 Å². The maximum atomic E-state index is 12.2. The van der Waals surface area contributed by atoms with E-state index in [0.717, 1.165) is 32.7 Å². The van der Waals surface area contributed by atoms with Gasteiger partial charge in [-0.1, -0.05) is 36.5 Å².